The number of hydrogen-bond donors (Lipinski definition) is 2. The highest BCUT2D eigenvalue weighted by Crippen LogP contribution is 2.24. The zero-order chi connectivity index (χ0) is 14.7. The highest BCUT2D eigenvalue weighted by molar-refractivity contribution is 5.83. The van der Waals surface area contributed by atoms with Crippen molar-refractivity contribution in [2.45, 2.75) is 50.0 Å². The number of carbonyl (C=O) groups is 2. The van der Waals surface area contributed by atoms with Crippen molar-refractivity contribution < 1.29 is 24.2 Å². The third-order valence-electron chi connectivity index (χ3n) is 4.19. The Morgan fingerprint density at radius 1 is 1.15 bits per heavy atom. The lowest BCUT2D eigenvalue weighted by Gasteiger charge is -2.24. The average molecular weight is 286 g/mol. The van der Waals surface area contributed by atoms with Crippen LogP contribution in [0.3, 0.4) is 0 Å². The molecule has 2 rings (SSSR count). The maximum Gasteiger partial charge on any atom is 0.326 e. The molecule has 2 N–H and O–H groups in total. The number of nitrogens with one attached hydrogen (secondary N) is 1. The van der Waals surface area contributed by atoms with Gasteiger partial charge in [-0.05, 0) is 19.3 Å². The second-order valence-corrected chi connectivity index (χ2v) is 5.42. The molecule has 0 aromatic rings. The van der Waals surface area contributed by atoms with Crippen LogP contribution in [0.25, 0.3) is 0 Å². The van der Waals surface area contributed by atoms with E-state index in [4.69, 9.17) is 9.47 Å². The number of methoxy groups -OCH3 is 2. The van der Waals surface area contributed by atoms with Gasteiger partial charge in [0.2, 0.25) is 0 Å². The van der Waals surface area contributed by atoms with Gasteiger partial charge in [0.15, 0.2) is 0 Å². The van der Waals surface area contributed by atoms with Crippen molar-refractivity contribution >= 4 is 12.0 Å². The van der Waals surface area contributed by atoms with Gasteiger partial charge in [-0.15, -0.1) is 0 Å². The molecule has 114 valence electrons. The van der Waals surface area contributed by atoms with Crippen LogP contribution in [0, 0.1) is 0 Å². The van der Waals surface area contributed by atoms with E-state index in [1.165, 1.54) is 12.0 Å². The Bertz CT molecular complexity index is 376. The summed E-state index contributed by atoms with van der Waals surface area (Å²) in [4.78, 5) is 24.8. The number of nitrogens with zero attached hydrogens (tertiary/aromatic N) is 1. The molecule has 0 aromatic heterocycles. The Kier molecular flexibility index (Phi) is 4.82. The topological polar surface area (TPSA) is 88.1 Å². The average Bonchev–Trinajstić information content (AvgIpc) is 3.04. The summed E-state index contributed by atoms with van der Waals surface area (Å²) in [6.45, 7) is 0.319. The quantitative estimate of drug-likeness (QED) is 0.783. The standard InChI is InChI=1S/C13H22N2O5/c1-19-9-4-3-8(5-9)14-13(18)15-7-10(20-2)6-11(15)12(16)17/h8-11H,3-7H2,1-2H3,(H,14,18)(H,16,17). The molecule has 4 unspecified atom stereocenters. The fraction of sp³-hybridized carbons (Fsp3) is 0.846. The minimum atomic E-state index is -0.985. The zero-order valence-corrected chi connectivity index (χ0v) is 11.9. The molecule has 2 amide bonds. The van der Waals surface area contributed by atoms with Crippen LogP contribution in [0.4, 0.5) is 4.79 Å². The van der Waals surface area contributed by atoms with Gasteiger partial charge in [-0.25, -0.2) is 9.59 Å². The number of likely N-dealkylation sites (tertiary alicyclic amines) is 1. The Balaban J connectivity index is 1.92. The predicted molar refractivity (Wildman–Crippen MR) is 70.5 cm³/mol. The van der Waals surface area contributed by atoms with Crippen molar-refractivity contribution in [2.75, 3.05) is 20.8 Å². The molecule has 1 aliphatic carbocycles. The number of carboxylic acid groups (broad SMARTS) is 1. The van der Waals surface area contributed by atoms with E-state index >= 15 is 0 Å². The van der Waals surface area contributed by atoms with Crippen LogP contribution < -0.4 is 5.32 Å². The first-order valence-electron chi connectivity index (χ1n) is 6.90. The third kappa shape index (κ3) is 3.21. The summed E-state index contributed by atoms with van der Waals surface area (Å²) in [5.41, 5.74) is 0. The van der Waals surface area contributed by atoms with Gasteiger partial charge in [-0.1, -0.05) is 0 Å². The van der Waals surface area contributed by atoms with E-state index in [2.05, 4.69) is 5.32 Å². The molecule has 7 nitrogen and oxygen atoms in total. The predicted octanol–water partition coefficient (Wildman–Crippen LogP) is 0.437. The third-order valence-corrected chi connectivity index (χ3v) is 4.19. The van der Waals surface area contributed by atoms with Crippen LogP contribution >= 0.6 is 0 Å². The van der Waals surface area contributed by atoms with E-state index in [0.29, 0.717) is 13.0 Å². The molecule has 7 heteroatoms. The molecular formula is C13H22N2O5. The van der Waals surface area contributed by atoms with Gasteiger partial charge in [-0.3, -0.25) is 0 Å². The van der Waals surface area contributed by atoms with Gasteiger partial charge in [0.05, 0.1) is 12.2 Å². The molecule has 1 aliphatic heterocycles. The number of rotatable bonds is 4. The van der Waals surface area contributed by atoms with Crippen LogP contribution in [-0.4, -0.2) is 67.1 Å². The SMILES string of the molecule is COC1CCC(NC(=O)N2CC(OC)CC2C(=O)O)C1. The second-order valence-electron chi connectivity index (χ2n) is 5.42. The first-order chi connectivity index (χ1) is 9.55. The monoisotopic (exact) mass is 286 g/mol. The molecule has 1 heterocycles. The summed E-state index contributed by atoms with van der Waals surface area (Å²) in [6.07, 6.45) is 2.87. The van der Waals surface area contributed by atoms with Crippen molar-refractivity contribution in [3.63, 3.8) is 0 Å². The van der Waals surface area contributed by atoms with E-state index in [1.54, 1.807) is 7.11 Å². The van der Waals surface area contributed by atoms with Gasteiger partial charge in [-0.2, -0.15) is 0 Å². The van der Waals surface area contributed by atoms with Crippen molar-refractivity contribution in [1.29, 1.82) is 0 Å². The first kappa shape index (κ1) is 15.1. The number of hydrogen-bond acceptors (Lipinski definition) is 4. The fourth-order valence-electron chi connectivity index (χ4n) is 2.97. The molecule has 4 atom stereocenters. The summed E-state index contributed by atoms with van der Waals surface area (Å²) < 4.78 is 10.4. The van der Waals surface area contributed by atoms with E-state index < -0.39 is 12.0 Å². The lowest BCUT2D eigenvalue weighted by molar-refractivity contribution is -0.141. The van der Waals surface area contributed by atoms with Gasteiger partial charge >= 0.3 is 12.0 Å². The second kappa shape index (κ2) is 6.41. The minimum absolute atomic E-state index is 0.0588. The Hall–Kier alpha value is -1.34. The first-order valence-corrected chi connectivity index (χ1v) is 6.90. The summed E-state index contributed by atoms with van der Waals surface area (Å²) >= 11 is 0. The molecule has 2 fully saturated rings. The molecule has 1 saturated carbocycles. The number of ether oxygens (including phenoxy) is 2. The number of aliphatic carboxylic acids is 1. The van der Waals surface area contributed by atoms with Crippen molar-refractivity contribution in [3.8, 4) is 0 Å². The highest BCUT2D eigenvalue weighted by Gasteiger charge is 2.40. The summed E-state index contributed by atoms with van der Waals surface area (Å²) in [5, 5.41) is 12.1. The summed E-state index contributed by atoms with van der Waals surface area (Å²) in [7, 11) is 3.20. The lowest BCUT2D eigenvalue weighted by atomic mass is 10.2. The summed E-state index contributed by atoms with van der Waals surface area (Å²) in [5.74, 6) is -0.985. The normalized spacial score (nSPS) is 33.4. The smallest absolute Gasteiger partial charge is 0.326 e. The zero-order valence-electron chi connectivity index (χ0n) is 11.9. The van der Waals surface area contributed by atoms with E-state index in [9.17, 15) is 14.7 Å². The van der Waals surface area contributed by atoms with E-state index in [-0.39, 0.29) is 24.3 Å². The Morgan fingerprint density at radius 2 is 1.85 bits per heavy atom. The summed E-state index contributed by atoms with van der Waals surface area (Å²) in [6, 6.07) is -1.07. The van der Waals surface area contributed by atoms with Gasteiger partial charge < -0.3 is 24.8 Å². The lowest BCUT2D eigenvalue weighted by Crippen LogP contribution is -2.48. The van der Waals surface area contributed by atoms with Crippen LogP contribution in [0.5, 0.6) is 0 Å². The Labute approximate surface area is 118 Å². The molecule has 2 aliphatic rings. The van der Waals surface area contributed by atoms with Crippen LogP contribution in [0.1, 0.15) is 25.7 Å². The van der Waals surface area contributed by atoms with Crippen LogP contribution in [-0.2, 0) is 14.3 Å². The van der Waals surface area contributed by atoms with Gasteiger partial charge in [0, 0.05) is 33.2 Å². The molecule has 1 saturated heterocycles. The molecule has 0 radical (unpaired) electrons. The molecule has 0 aromatic carbocycles. The van der Waals surface area contributed by atoms with E-state index in [0.717, 1.165) is 19.3 Å². The van der Waals surface area contributed by atoms with Crippen LogP contribution in [0.2, 0.25) is 0 Å². The van der Waals surface area contributed by atoms with Crippen molar-refractivity contribution in [3.05, 3.63) is 0 Å². The maximum absolute atomic E-state index is 12.2. The van der Waals surface area contributed by atoms with E-state index in [1.807, 2.05) is 0 Å². The number of amides is 2. The largest absolute Gasteiger partial charge is 0.480 e. The van der Waals surface area contributed by atoms with Gasteiger partial charge in [0.1, 0.15) is 6.04 Å². The van der Waals surface area contributed by atoms with Gasteiger partial charge in [0.25, 0.3) is 0 Å². The number of urea groups is 1. The minimum Gasteiger partial charge on any atom is -0.480 e. The Morgan fingerprint density at radius 3 is 2.40 bits per heavy atom. The molecule has 0 spiro atoms. The molecular weight excluding hydrogens is 264 g/mol. The molecule has 20 heavy (non-hydrogen) atoms. The highest BCUT2D eigenvalue weighted by atomic mass is 16.5. The number of carboxylic acids is 1. The fourth-order valence-corrected chi connectivity index (χ4v) is 2.97. The van der Waals surface area contributed by atoms with Crippen molar-refractivity contribution in [1.82, 2.24) is 10.2 Å². The van der Waals surface area contributed by atoms with Crippen molar-refractivity contribution in [2.24, 2.45) is 0 Å². The van der Waals surface area contributed by atoms with Crippen LogP contribution in [0.15, 0.2) is 0 Å². The maximum atomic E-state index is 12.2. The number of carbonyl (C=O) groups excluding carboxylic acids is 1. The molecule has 0 bridgehead atoms.